The van der Waals surface area contributed by atoms with Gasteiger partial charge >= 0.3 is 0 Å². The van der Waals surface area contributed by atoms with Crippen molar-refractivity contribution in [3.8, 4) is 0 Å². The largest absolute Gasteiger partial charge is 0.386 e. The summed E-state index contributed by atoms with van der Waals surface area (Å²) in [6.07, 6.45) is 1.27. The van der Waals surface area contributed by atoms with E-state index >= 15 is 0 Å². The van der Waals surface area contributed by atoms with Crippen molar-refractivity contribution in [1.29, 1.82) is 0 Å². The first-order valence-electron chi connectivity index (χ1n) is 8.45. The average Bonchev–Trinajstić information content (AvgIpc) is 2.89. The summed E-state index contributed by atoms with van der Waals surface area (Å²) in [7, 11) is 3.95. The van der Waals surface area contributed by atoms with Crippen LogP contribution in [-0.4, -0.2) is 40.7 Å². The number of hydrogen-bond acceptors (Lipinski definition) is 2. The van der Waals surface area contributed by atoms with Gasteiger partial charge in [0.1, 0.15) is 0 Å². The second-order valence-corrected chi connectivity index (χ2v) is 6.67. The van der Waals surface area contributed by atoms with Crippen LogP contribution in [-0.2, 0) is 13.6 Å². The van der Waals surface area contributed by atoms with Crippen molar-refractivity contribution in [2.75, 3.05) is 20.1 Å². The Labute approximate surface area is 154 Å². The van der Waals surface area contributed by atoms with Crippen LogP contribution in [0.3, 0.4) is 0 Å². The van der Waals surface area contributed by atoms with E-state index in [9.17, 15) is 5.11 Å². The molecule has 1 heterocycles. The van der Waals surface area contributed by atoms with Gasteiger partial charge in [-0.3, -0.25) is 4.99 Å². The van der Waals surface area contributed by atoms with Crippen molar-refractivity contribution in [3.05, 3.63) is 58.4 Å². The fourth-order valence-corrected chi connectivity index (χ4v) is 2.85. The third-order valence-corrected chi connectivity index (χ3v) is 4.25. The van der Waals surface area contributed by atoms with Gasteiger partial charge in [0.05, 0.1) is 24.2 Å². The molecular formula is C19H27ClN4O. The van der Waals surface area contributed by atoms with Crippen LogP contribution in [0.25, 0.3) is 0 Å². The van der Waals surface area contributed by atoms with E-state index in [-0.39, 0.29) is 0 Å². The number of halogens is 1. The Morgan fingerprint density at radius 1 is 1.36 bits per heavy atom. The van der Waals surface area contributed by atoms with Crippen molar-refractivity contribution in [2.45, 2.75) is 26.5 Å². The predicted octanol–water partition coefficient (Wildman–Crippen LogP) is 3.12. The number of aliphatic hydroxyl groups is 1. The second-order valence-electron chi connectivity index (χ2n) is 6.24. The van der Waals surface area contributed by atoms with Crippen LogP contribution in [0.4, 0.5) is 0 Å². The zero-order valence-corrected chi connectivity index (χ0v) is 16.1. The standard InChI is InChI=1S/C19H27ClN4O/c1-5-21-19(24(4)13-17-10-16(20)12-23(17)3)22-11-18(25)15-8-6-14(2)7-9-15/h6-10,12,18,25H,5,11,13H2,1-4H3,(H,21,22). The van der Waals surface area contributed by atoms with E-state index in [1.54, 1.807) is 0 Å². The van der Waals surface area contributed by atoms with Gasteiger partial charge in [0, 0.05) is 32.5 Å². The van der Waals surface area contributed by atoms with Gasteiger partial charge in [-0.15, -0.1) is 0 Å². The molecule has 0 aliphatic rings. The molecule has 1 aromatic carbocycles. The van der Waals surface area contributed by atoms with E-state index < -0.39 is 6.10 Å². The summed E-state index contributed by atoms with van der Waals surface area (Å²) < 4.78 is 2.00. The van der Waals surface area contributed by atoms with E-state index in [2.05, 4.69) is 10.3 Å². The summed E-state index contributed by atoms with van der Waals surface area (Å²) in [6, 6.07) is 9.83. The first kappa shape index (κ1) is 19.3. The minimum atomic E-state index is -0.618. The molecule has 2 rings (SSSR count). The van der Waals surface area contributed by atoms with Crippen LogP contribution >= 0.6 is 11.6 Å². The maximum Gasteiger partial charge on any atom is 0.194 e. The third kappa shape index (κ3) is 5.51. The van der Waals surface area contributed by atoms with E-state index in [4.69, 9.17) is 11.6 Å². The topological polar surface area (TPSA) is 52.8 Å². The maximum atomic E-state index is 10.4. The normalized spacial score (nSPS) is 13.0. The summed E-state index contributed by atoms with van der Waals surface area (Å²) in [5, 5.41) is 14.4. The molecular weight excluding hydrogens is 336 g/mol. The van der Waals surface area contributed by atoms with Crippen molar-refractivity contribution < 1.29 is 5.11 Å². The monoisotopic (exact) mass is 362 g/mol. The van der Waals surface area contributed by atoms with Crippen molar-refractivity contribution in [1.82, 2.24) is 14.8 Å². The lowest BCUT2D eigenvalue weighted by atomic mass is 10.1. The van der Waals surface area contributed by atoms with Crippen LogP contribution in [0.2, 0.25) is 5.02 Å². The molecule has 1 aromatic heterocycles. The average molecular weight is 363 g/mol. The van der Waals surface area contributed by atoms with Gasteiger partial charge < -0.3 is 19.9 Å². The van der Waals surface area contributed by atoms with Gasteiger partial charge in [-0.25, -0.2) is 0 Å². The Kier molecular flexibility index (Phi) is 6.91. The number of hydrogen-bond donors (Lipinski definition) is 2. The lowest BCUT2D eigenvalue weighted by molar-refractivity contribution is 0.186. The van der Waals surface area contributed by atoms with E-state index in [0.29, 0.717) is 13.1 Å². The van der Waals surface area contributed by atoms with E-state index in [0.717, 1.165) is 28.8 Å². The molecule has 0 aliphatic carbocycles. The number of aliphatic imine (C=N–C) groups is 1. The molecule has 1 atom stereocenters. The third-order valence-electron chi connectivity index (χ3n) is 4.05. The summed E-state index contributed by atoms with van der Waals surface area (Å²) in [5.74, 6) is 0.756. The molecule has 6 heteroatoms. The second kappa shape index (κ2) is 8.92. The molecule has 136 valence electrons. The molecule has 0 saturated heterocycles. The molecule has 0 aliphatic heterocycles. The smallest absolute Gasteiger partial charge is 0.194 e. The number of nitrogens with one attached hydrogen (secondary N) is 1. The Balaban J connectivity index is 2.06. The van der Waals surface area contributed by atoms with Crippen LogP contribution in [0.15, 0.2) is 41.5 Å². The summed E-state index contributed by atoms with van der Waals surface area (Å²) >= 11 is 6.05. The Bertz CT molecular complexity index is 709. The van der Waals surface area contributed by atoms with Gasteiger partial charge in [-0.2, -0.15) is 0 Å². The molecule has 0 spiro atoms. The first-order chi connectivity index (χ1) is 11.9. The number of benzene rings is 1. The number of rotatable bonds is 6. The maximum absolute atomic E-state index is 10.4. The SMILES string of the molecule is CCNC(=NCC(O)c1ccc(C)cc1)N(C)Cc1cc(Cl)cn1C. The van der Waals surface area contributed by atoms with Gasteiger partial charge in [-0.1, -0.05) is 41.4 Å². The minimum absolute atomic E-state index is 0.309. The van der Waals surface area contributed by atoms with Crippen molar-refractivity contribution in [2.24, 2.45) is 12.0 Å². The molecule has 0 bridgehead atoms. The van der Waals surface area contributed by atoms with Crippen LogP contribution in [0.1, 0.15) is 29.8 Å². The van der Waals surface area contributed by atoms with Gasteiger partial charge in [-0.05, 0) is 25.5 Å². The van der Waals surface area contributed by atoms with Gasteiger partial charge in [0.25, 0.3) is 0 Å². The molecule has 2 aromatic rings. The molecule has 0 amide bonds. The summed E-state index contributed by atoms with van der Waals surface area (Å²) in [5.41, 5.74) is 3.15. The fourth-order valence-electron chi connectivity index (χ4n) is 2.58. The Morgan fingerprint density at radius 2 is 2.04 bits per heavy atom. The first-order valence-corrected chi connectivity index (χ1v) is 8.83. The molecule has 0 radical (unpaired) electrons. The van der Waals surface area contributed by atoms with E-state index in [1.165, 1.54) is 5.56 Å². The zero-order valence-electron chi connectivity index (χ0n) is 15.3. The lowest BCUT2D eigenvalue weighted by Gasteiger charge is -2.23. The highest BCUT2D eigenvalue weighted by atomic mass is 35.5. The zero-order chi connectivity index (χ0) is 18.4. The van der Waals surface area contributed by atoms with Crippen LogP contribution in [0.5, 0.6) is 0 Å². The van der Waals surface area contributed by atoms with Gasteiger partial charge in [0.2, 0.25) is 0 Å². The van der Waals surface area contributed by atoms with Crippen molar-refractivity contribution in [3.63, 3.8) is 0 Å². The molecule has 0 fully saturated rings. The van der Waals surface area contributed by atoms with Crippen molar-refractivity contribution >= 4 is 17.6 Å². The Morgan fingerprint density at radius 3 is 2.60 bits per heavy atom. The van der Waals surface area contributed by atoms with Gasteiger partial charge in [0.15, 0.2) is 5.96 Å². The van der Waals surface area contributed by atoms with Crippen LogP contribution in [0, 0.1) is 6.92 Å². The number of aromatic nitrogens is 1. The molecule has 25 heavy (non-hydrogen) atoms. The molecule has 1 unspecified atom stereocenters. The number of aliphatic hydroxyl groups excluding tert-OH is 1. The Hall–Kier alpha value is -1.98. The molecule has 2 N–H and O–H groups in total. The highest BCUT2D eigenvalue weighted by molar-refractivity contribution is 6.30. The fraction of sp³-hybridized carbons (Fsp3) is 0.421. The quantitative estimate of drug-likeness (QED) is 0.613. The van der Waals surface area contributed by atoms with E-state index in [1.807, 2.05) is 73.9 Å². The number of nitrogens with zero attached hydrogens (tertiary/aromatic N) is 3. The summed E-state index contributed by atoms with van der Waals surface area (Å²) in [6.45, 7) is 5.80. The predicted molar refractivity (Wildman–Crippen MR) is 104 cm³/mol. The number of guanidine groups is 1. The molecule has 0 saturated carbocycles. The van der Waals surface area contributed by atoms with Crippen LogP contribution < -0.4 is 5.32 Å². The summed E-state index contributed by atoms with van der Waals surface area (Å²) in [4.78, 5) is 6.61. The molecule has 5 nitrogen and oxygen atoms in total. The number of aryl methyl sites for hydroxylation is 2. The highest BCUT2D eigenvalue weighted by Gasteiger charge is 2.12. The lowest BCUT2D eigenvalue weighted by Crippen LogP contribution is -2.39. The highest BCUT2D eigenvalue weighted by Crippen LogP contribution is 2.16. The minimum Gasteiger partial charge on any atom is -0.386 e.